The predicted octanol–water partition coefficient (Wildman–Crippen LogP) is 1.99. The van der Waals surface area contributed by atoms with Crippen molar-refractivity contribution in [3.05, 3.63) is 35.9 Å². The lowest BCUT2D eigenvalue weighted by Crippen LogP contribution is -2.46. The van der Waals surface area contributed by atoms with Gasteiger partial charge < -0.3 is 10.5 Å². The molecule has 102 valence electrons. The number of hydrogen-bond acceptors (Lipinski definition) is 4. The quantitative estimate of drug-likeness (QED) is 0.664. The second kappa shape index (κ2) is 5.53. The Morgan fingerprint density at radius 2 is 2.11 bits per heavy atom. The summed E-state index contributed by atoms with van der Waals surface area (Å²) in [4.78, 5) is 24.5. The maximum Gasteiger partial charge on any atom is 0.321 e. The lowest BCUT2D eigenvalue weighted by molar-refractivity contribution is -0.160. The number of nitrogens with two attached hydrogens (primary N) is 1. The molecule has 2 rings (SSSR count). The van der Waals surface area contributed by atoms with Crippen LogP contribution >= 0.6 is 0 Å². The fraction of sp³-hybridized carbons (Fsp3) is 0.467. The van der Waals surface area contributed by atoms with Crippen molar-refractivity contribution in [3.63, 3.8) is 0 Å². The summed E-state index contributed by atoms with van der Waals surface area (Å²) in [5, 5.41) is 0. The summed E-state index contributed by atoms with van der Waals surface area (Å²) < 4.78 is 5.10. The van der Waals surface area contributed by atoms with Crippen LogP contribution in [0.5, 0.6) is 0 Å². The molecule has 0 radical (unpaired) electrons. The number of carbonyl (C=O) groups excluding carboxylic acids is 2. The summed E-state index contributed by atoms with van der Waals surface area (Å²) in [6.07, 6.45) is 1.57. The molecule has 19 heavy (non-hydrogen) atoms. The second-order valence-corrected chi connectivity index (χ2v) is 4.86. The Bertz CT molecular complexity index is 472. The summed E-state index contributed by atoms with van der Waals surface area (Å²) >= 11 is 0. The highest BCUT2D eigenvalue weighted by atomic mass is 16.5. The van der Waals surface area contributed by atoms with E-state index >= 15 is 0 Å². The van der Waals surface area contributed by atoms with Crippen molar-refractivity contribution in [2.24, 2.45) is 11.1 Å². The maximum atomic E-state index is 12.3. The van der Waals surface area contributed by atoms with Crippen molar-refractivity contribution >= 4 is 11.8 Å². The normalized spacial score (nSPS) is 24.2. The molecule has 0 saturated heterocycles. The van der Waals surface area contributed by atoms with E-state index in [0.29, 0.717) is 19.3 Å². The number of rotatable bonds is 4. The highest BCUT2D eigenvalue weighted by Gasteiger charge is 2.54. The Balaban J connectivity index is 2.39. The molecular formula is C15H19NO3. The van der Waals surface area contributed by atoms with E-state index in [-0.39, 0.29) is 12.4 Å². The van der Waals surface area contributed by atoms with Gasteiger partial charge in [0.1, 0.15) is 5.41 Å². The standard InChI is InChI=1S/C15H19NO3/c1-2-19-14(18)15(10-6-9-12(15)17)13(16)11-7-4-3-5-8-11/h3-5,7-8,13H,2,6,9-10,16H2,1H3. The van der Waals surface area contributed by atoms with Crippen molar-refractivity contribution in [1.29, 1.82) is 0 Å². The average Bonchev–Trinajstić information content (AvgIpc) is 2.82. The Morgan fingerprint density at radius 3 is 2.63 bits per heavy atom. The van der Waals surface area contributed by atoms with Crippen LogP contribution in [0.1, 0.15) is 37.8 Å². The molecule has 0 heterocycles. The van der Waals surface area contributed by atoms with Crippen LogP contribution in [0.25, 0.3) is 0 Å². The van der Waals surface area contributed by atoms with Crippen molar-refractivity contribution in [3.8, 4) is 0 Å². The van der Waals surface area contributed by atoms with Gasteiger partial charge in [-0.15, -0.1) is 0 Å². The first kappa shape index (κ1) is 13.7. The van der Waals surface area contributed by atoms with E-state index in [4.69, 9.17) is 10.5 Å². The minimum Gasteiger partial charge on any atom is -0.465 e. The van der Waals surface area contributed by atoms with Crippen LogP contribution in [-0.2, 0) is 14.3 Å². The molecule has 0 bridgehead atoms. The smallest absolute Gasteiger partial charge is 0.321 e. The first-order valence-corrected chi connectivity index (χ1v) is 6.64. The van der Waals surface area contributed by atoms with Gasteiger partial charge in [-0.3, -0.25) is 9.59 Å². The fourth-order valence-corrected chi connectivity index (χ4v) is 2.77. The molecule has 2 N–H and O–H groups in total. The largest absolute Gasteiger partial charge is 0.465 e. The molecule has 1 saturated carbocycles. The molecule has 1 aliphatic rings. The van der Waals surface area contributed by atoms with Gasteiger partial charge in [0.2, 0.25) is 0 Å². The van der Waals surface area contributed by atoms with Gasteiger partial charge >= 0.3 is 5.97 Å². The number of benzene rings is 1. The van der Waals surface area contributed by atoms with Crippen molar-refractivity contribution in [1.82, 2.24) is 0 Å². The van der Waals surface area contributed by atoms with Gasteiger partial charge in [-0.1, -0.05) is 30.3 Å². The molecule has 4 heteroatoms. The van der Waals surface area contributed by atoms with Gasteiger partial charge in [-0.2, -0.15) is 0 Å². The van der Waals surface area contributed by atoms with E-state index in [1.54, 1.807) is 6.92 Å². The van der Waals surface area contributed by atoms with E-state index < -0.39 is 17.4 Å². The first-order valence-electron chi connectivity index (χ1n) is 6.64. The van der Waals surface area contributed by atoms with E-state index in [1.807, 2.05) is 30.3 Å². The maximum absolute atomic E-state index is 12.3. The Hall–Kier alpha value is -1.68. The van der Waals surface area contributed by atoms with Crippen LogP contribution in [0.15, 0.2) is 30.3 Å². The first-order chi connectivity index (χ1) is 9.13. The molecular weight excluding hydrogens is 242 g/mol. The molecule has 1 aromatic rings. The number of carbonyl (C=O) groups is 2. The highest BCUT2D eigenvalue weighted by Crippen LogP contribution is 2.44. The van der Waals surface area contributed by atoms with Crippen molar-refractivity contribution in [2.75, 3.05) is 6.61 Å². The number of hydrogen-bond donors (Lipinski definition) is 1. The molecule has 0 aliphatic heterocycles. The Morgan fingerprint density at radius 1 is 1.42 bits per heavy atom. The minimum atomic E-state index is -1.20. The topological polar surface area (TPSA) is 69.4 Å². The third-order valence-electron chi connectivity index (χ3n) is 3.80. The number of ketones is 1. The lowest BCUT2D eigenvalue weighted by atomic mass is 9.75. The molecule has 0 spiro atoms. The molecule has 4 nitrogen and oxygen atoms in total. The molecule has 1 aliphatic carbocycles. The summed E-state index contributed by atoms with van der Waals surface area (Å²) in [6.45, 7) is 1.99. The van der Waals surface area contributed by atoms with Gasteiger partial charge in [0.05, 0.1) is 12.6 Å². The fourth-order valence-electron chi connectivity index (χ4n) is 2.77. The van der Waals surface area contributed by atoms with Crippen LogP contribution in [0, 0.1) is 5.41 Å². The highest BCUT2D eigenvalue weighted by molar-refractivity contribution is 6.06. The summed E-state index contributed by atoms with van der Waals surface area (Å²) in [6, 6.07) is 8.64. The van der Waals surface area contributed by atoms with E-state index in [2.05, 4.69) is 0 Å². The number of esters is 1. The zero-order valence-corrected chi connectivity index (χ0v) is 11.1. The summed E-state index contributed by atoms with van der Waals surface area (Å²) in [5.74, 6) is -0.573. The molecule has 2 atom stereocenters. The average molecular weight is 261 g/mol. The van der Waals surface area contributed by atoms with E-state index in [9.17, 15) is 9.59 Å². The zero-order valence-electron chi connectivity index (χ0n) is 11.1. The molecule has 2 unspecified atom stereocenters. The summed E-state index contributed by atoms with van der Waals surface area (Å²) in [5.41, 5.74) is 5.84. The third-order valence-corrected chi connectivity index (χ3v) is 3.80. The lowest BCUT2D eigenvalue weighted by Gasteiger charge is -2.31. The SMILES string of the molecule is CCOC(=O)C1(C(N)c2ccccc2)CCCC1=O. The van der Waals surface area contributed by atoms with Crippen molar-refractivity contribution < 1.29 is 14.3 Å². The minimum absolute atomic E-state index is 0.0951. The molecule has 0 amide bonds. The predicted molar refractivity (Wildman–Crippen MR) is 71.3 cm³/mol. The monoisotopic (exact) mass is 261 g/mol. The van der Waals surface area contributed by atoms with Gasteiger partial charge in [-0.05, 0) is 25.3 Å². The third kappa shape index (κ3) is 2.28. The molecule has 1 aromatic carbocycles. The zero-order chi connectivity index (χ0) is 13.9. The Labute approximate surface area is 112 Å². The molecule has 0 aromatic heterocycles. The second-order valence-electron chi connectivity index (χ2n) is 4.86. The summed E-state index contributed by atoms with van der Waals surface area (Å²) in [7, 11) is 0. The van der Waals surface area contributed by atoms with Crippen molar-refractivity contribution in [2.45, 2.75) is 32.2 Å². The van der Waals surface area contributed by atoms with Crippen LogP contribution in [0.3, 0.4) is 0 Å². The van der Waals surface area contributed by atoms with Gasteiger partial charge in [0.15, 0.2) is 5.78 Å². The van der Waals surface area contributed by atoms with Crippen LogP contribution in [-0.4, -0.2) is 18.4 Å². The van der Waals surface area contributed by atoms with Gasteiger partial charge in [0.25, 0.3) is 0 Å². The van der Waals surface area contributed by atoms with Crippen LogP contribution in [0.4, 0.5) is 0 Å². The van der Waals surface area contributed by atoms with E-state index in [0.717, 1.165) is 5.56 Å². The number of Topliss-reactive ketones (excluding diaryl/α,β-unsaturated/α-hetero) is 1. The van der Waals surface area contributed by atoms with Gasteiger partial charge in [0, 0.05) is 6.42 Å². The van der Waals surface area contributed by atoms with Crippen LogP contribution in [0.2, 0.25) is 0 Å². The van der Waals surface area contributed by atoms with Gasteiger partial charge in [-0.25, -0.2) is 0 Å². The number of ether oxygens (including phenoxy) is 1. The molecule has 1 fully saturated rings. The van der Waals surface area contributed by atoms with Crippen LogP contribution < -0.4 is 5.73 Å². The van der Waals surface area contributed by atoms with E-state index in [1.165, 1.54) is 0 Å². The Kier molecular flexibility index (Phi) is 4.00.